The molecule has 1 N–H and O–H groups in total. The van der Waals surface area contributed by atoms with Crippen LogP contribution in [-0.4, -0.2) is 63.7 Å². The molecule has 3 heterocycles. The van der Waals surface area contributed by atoms with E-state index in [0.717, 1.165) is 35.4 Å². The Bertz CT molecular complexity index is 1460. The smallest absolute Gasteiger partial charge is 0.410 e. The van der Waals surface area contributed by atoms with Gasteiger partial charge in [0.2, 0.25) is 11.8 Å². The van der Waals surface area contributed by atoms with Crippen molar-refractivity contribution in [2.75, 3.05) is 31.1 Å². The number of anilines is 1. The molecule has 10 heteroatoms. The van der Waals surface area contributed by atoms with Crippen LogP contribution in [0.4, 0.5) is 10.5 Å². The number of ether oxygens (including phenoxy) is 1. The second kappa shape index (κ2) is 9.66. The first kappa shape index (κ1) is 25.6. The molecule has 1 aromatic heterocycles. The number of piperazine rings is 1. The van der Waals surface area contributed by atoms with E-state index in [1.165, 1.54) is 4.57 Å². The molecule has 2 fully saturated rings. The SMILES string of the molecule is Cn1c(=O)n(C2CCC(=O)NC2=O)c2ccc(-c3ccc(N4CCN(C(=O)OC(C)(C)C)CC4)cc3)cc21. The number of aryl methyl sites for hydroxylation is 1. The van der Waals surface area contributed by atoms with Gasteiger partial charge in [0.15, 0.2) is 0 Å². The predicted octanol–water partition coefficient (Wildman–Crippen LogP) is 3.04. The second-order valence-electron chi connectivity index (χ2n) is 10.9. The third-order valence-corrected chi connectivity index (χ3v) is 7.11. The molecule has 5 rings (SSSR count). The van der Waals surface area contributed by atoms with E-state index in [9.17, 15) is 19.2 Å². The number of benzene rings is 2. The Kier molecular flexibility index (Phi) is 6.50. The van der Waals surface area contributed by atoms with Crippen molar-refractivity contribution in [1.29, 1.82) is 0 Å². The molecule has 3 amide bonds. The van der Waals surface area contributed by atoms with Gasteiger partial charge in [0.25, 0.3) is 0 Å². The van der Waals surface area contributed by atoms with Gasteiger partial charge in [0.1, 0.15) is 11.6 Å². The van der Waals surface area contributed by atoms with Gasteiger partial charge in [-0.05, 0) is 62.6 Å². The third-order valence-electron chi connectivity index (χ3n) is 7.11. The van der Waals surface area contributed by atoms with Crippen LogP contribution in [0.3, 0.4) is 0 Å². The van der Waals surface area contributed by atoms with Gasteiger partial charge in [-0.3, -0.25) is 24.0 Å². The maximum absolute atomic E-state index is 13.0. The Morgan fingerprint density at radius 3 is 2.21 bits per heavy atom. The number of rotatable bonds is 3. The largest absolute Gasteiger partial charge is 0.444 e. The molecule has 200 valence electrons. The molecule has 0 aliphatic carbocycles. The van der Waals surface area contributed by atoms with Crippen LogP contribution in [0, 0.1) is 0 Å². The minimum absolute atomic E-state index is 0.208. The van der Waals surface area contributed by atoms with Gasteiger partial charge in [-0.2, -0.15) is 0 Å². The van der Waals surface area contributed by atoms with Crippen molar-refractivity contribution in [1.82, 2.24) is 19.4 Å². The van der Waals surface area contributed by atoms with Gasteiger partial charge in [-0.1, -0.05) is 18.2 Å². The van der Waals surface area contributed by atoms with Crippen LogP contribution in [-0.2, 0) is 21.4 Å². The van der Waals surface area contributed by atoms with E-state index < -0.39 is 17.6 Å². The molecule has 10 nitrogen and oxygen atoms in total. The Hall–Kier alpha value is -4.08. The summed E-state index contributed by atoms with van der Waals surface area (Å²) in [7, 11) is 1.69. The predicted molar refractivity (Wildman–Crippen MR) is 144 cm³/mol. The van der Waals surface area contributed by atoms with Crippen LogP contribution >= 0.6 is 0 Å². The zero-order valence-electron chi connectivity index (χ0n) is 22.2. The second-order valence-corrected chi connectivity index (χ2v) is 10.9. The van der Waals surface area contributed by atoms with E-state index in [2.05, 4.69) is 22.3 Å². The highest BCUT2D eigenvalue weighted by Gasteiger charge is 2.31. The van der Waals surface area contributed by atoms with Gasteiger partial charge < -0.3 is 14.5 Å². The zero-order chi connectivity index (χ0) is 27.2. The summed E-state index contributed by atoms with van der Waals surface area (Å²) in [5, 5.41) is 2.34. The number of amides is 3. The normalized spacial score (nSPS) is 18.6. The van der Waals surface area contributed by atoms with E-state index in [0.29, 0.717) is 25.0 Å². The summed E-state index contributed by atoms with van der Waals surface area (Å²) in [4.78, 5) is 53.4. The van der Waals surface area contributed by atoms with Crippen LogP contribution in [0.25, 0.3) is 22.2 Å². The lowest BCUT2D eigenvalue weighted by Crippen LogP contribution is -2.50. The maximum Gasteiger partial charge on any atom is 0.410 e. The lowest BCUT2D eigenvalue weighted by Gasteiger charge is -2.36. The van der Waals surface area contributed by atoms with Crippen LogP contribution in [0.1, 0.15) is 39.7 Å². The first-order valence-electron chi connectivity index (χ1n) is 12.9. The van der Waals surface area contributed by atoms with Gasteiger partial charge in [0.05, 0.1) is 11.0 Å². The lowest BCUT2D eigenvalue weighted by molar-refractivity contribution is -0.135. The summed E-state index contributed by atoms with van der Waals surface area (Å²) in [6.07, 6.45) is 0.238. The van der Waals surface area contributed by atoms with Crippen LogP contribution < -0.4 is 15.9 Å². The summed E-state index contributed by atoms with van der Waals surface area (Å²) < 4.78 is 8.52. The minimum Gasteiger partial charge on any atom is -0.444 e. The highest BCUT2D eigenvalue weighted by molar-refractivity contribution is 6.00. The Labute approximate surface area is 220 Å². The fraction of sp³-hybridized carbons (Fsp3) is 0.429. The molecule has 2 aliphatic rings. The average Bonchev–Trinajstić information content (AvgIpc) is 3.12. The molecule has 1 atom stereocenters. The summed E-state index contributed by atoms with van der Waals surface area (Å²) in [6, 6.07) is 13.3. The monoisotopic (exact) mass is 519 g/mol. The third kappa shape index (κ3) is 4.90. The number of fused-ring (bicyclic) bond motifs is 1. The molecule has 1 unspecified atom stereocenters. The summed E-state index contributed by atoms with van der Waals surface area (Å²) in [6.45, 7) is 8.26. The number of hydrogen-bond donors (Lipinski definition) is 1. The Morgan fingerprint density at radius 1 is 0.921 bits per heavy atom. The fourth-order valence-corrected chi connectivity index (χ4v) is 5.11. The quantitative estimate of drug-likeness (QED) is 0.534. The maximum atomic E-state index is 13.0. The van der Waals surface area contributed by atoms with Crippen molar-refractivity contribution in [3.63, 3.8) is 0 Å². The number of nitrogens with zero attached hydrogens (tertiary/aromatic N) is 4. The molecule has 2 aromatic carbocycles. The standard InChI is InChI=1S/C28H33N5O5/c1-28(2,3)38-27(37)32-15-13-31(14-16-32)20-8-5-18(6-9-20)19-7-10-21-23(17-19)30(4)26(36)33(21)22-11-12-24(34)29-25(22)35/h5-10,17,22H,11-16H2,1-4H3,(H,29,34,35). The molecule has 2 aliphatic heterocycles. The van der Waals surface area contributed by atoms with Gasteiger partial charge in [0, 0.05) is 45.3 Å². The number of piperidine rings is 1. The van der Waals surface area contributed by atoms with Crippen LogP contribution in [0.5, 0.6) is 0 Å². The number of aromatic nitrogens is 2. The van der Waals surface area contributed by atoms with Crippen molar-refractivity contribution >= 4 is 34.6 Å². The average molecular weight is 520 g/mol. The summed E-state index contributed by atoms with van der Waals surface area (Å²) >= 11 is 0. The molecule has 3 aromatic rings. The Morgan fingerprint density at radius 2 is 1.58 bits per heavy atom. The van der Waals surface area contributed by atoms with Crippen LogP contribution in [0.15, 0.2) is 47.3 Å². The first-order chi connectivity index (χ1) is 18.0. The summed E-state index contributed by atoms with van der Waals surface area (Å²) in [5.41, 5.74) is 3.63. The minimum atomic E-state index is -0.704. The number of nitrogens with one attached hydrogen (secondary N) is 1. The summed E-state index contributed by atoms with van der Waals surface area (Å²) in [5.74, 6) is -0.752. The molecular weight excluding hydrogens is 486 g/mol. The fourth-order valence-electron chi connectivity index (χ4n) is 5.11. The van der Waals surface area contributed by atoms with Crippen molar-refractivity contribution in [2.45, 2.75) is 45.3 Å². The van der Waals surface area contributed by atoms with E-state index >= 15 is 0 Å². The molecule has 2 saturated heterocycles. The van der Waals surface area contributed by atoms with E-state index in [1.807, 2.05) is 51.1 Å². The molecular formula is C28H33N5O5. The highest BCUT2D eigenvalue weighted by Crippen LogP contribution is 2.29. The van der Waals surface area contributed by atoms with Crippen molar-refractivity contribution in [3.05, 3.63) is 52.9 Å². The zero-order valence-corrected chi connectivity index (χ0v) is 22.2. The van der Waals surface area contributed by atoms with Gasteiger partial charge >= 0.3 is 11.8 Å². The molecule has 0 radical (unpaired) electrons. The first-order valence-corrected chi connectivity index (χ1v) is 12.9. The van der Waals surface area contributed by atoms with Gasteiger partial charge in [-0.15, -0.1) is 0 Å². The van der Waals surface area contributed by atoms with Crippen molar-refractivity contribution < 1.29 is 19.1 Å². The topological polar surface area (TPSA) is 106 Å². The number of hydrogen-bond acceptors (Lipinski definition) is 6. The van der Waals surface area contributed by atoms with E-state index in [4.69, 9.17) is 4.74 Å². The lowest BCUT2D eigenvalue weighted by atomic mass is 10.0. The molecule has 38 heavy (non-hydrogen) atoms. The number of carbonyl (C=O) groups is 3. The number of carbonyl (C=O) groups excluding carboxylic acids is 3. The molecule has 0 saturated carbocycles. The molecule has 0 bridgehead atoms. The Balaban J connectivity index is 1.32. The van der Waals surface area contributed by atoms with E-state index in [1.54, 1.807) is 16.5 Å². The van der Waals surface area contributed by atoms with E-state index in [-0.39, 0.29) is 24.1 Å². The number of imide groups is 1. The van der Waals surface area contributed by atoms with Crippen molar-refractivity contribution in [3.8, 4) is 11.1 Å². The van der Waals surface area contributed by atoms with Crippen molar-refractivity contribution in [2.24, 2.45) is 7.05 Å². The molecule has 0 spiro atoms. The number of imidazole rings is 1. The highest BCUT2D eigenvalue weighted by atomic mass is 16.6. The van der Waals surface area contributed by atoms with Gasteiger partial charge in [-0.25, -0.2) is 9.59 Å². The van der Waals surface area contributed by atoms with Crippen LogP contribution in [0.2, 0.25) is 0 Å².